The summed E-state index contributed by atoms with van der Waals surface area (Å²) in [5.74, 6) is -1.10. The lowest BCUT2D eigenvalue weighted by Crippen LogP contribution is -2.38. The lowest BCUT2D eigenvalue weighted by molar-refractivity contribution is -0.137. The van der Waals surface area contributed by atoms with Crippen molar-refractivity contribution in [2.45, 2.75) is 89.7 Å². The van der Waals surface area contributed by atoms with Crippen LogP contribution in [0.1, 0.15) is 86.2 Å². The predicted octanol–water partition coefficient (Wildman–Crippen LogP) is 4.70. The molecule has 0 aliphatic carbocycles. The second-order valence-electron chi connectivity index (χ2n) is 11.4. The molecule has 0 radical (unpaired) electrons. The Kier molecular flexibility index (Phi) is 7.04. The van der Waals surface area contributed by atoms with Gasteiger partial charge in [-0.2, -0.15) is 13.2 Å². The number of aliphatic hydroxyl groups is 1. The number of alkyl halides is 3. The molecule has 2 bridgehead atoms. The Hall–Kier alpha value is -2.73. The Morgan fingerprint density at radius 1 is 1.11 bits per heavy atom. The molecule has 202 valence electrons. The molecule has 2 aromatic rings. The summed E-state index contributed by atoms with van der Waals surface area (Å²) in [6.07, 6.45) is -0.283. The fraction of sp³-hybridized carbons (Fsp3) is 0.600. The third-order valence-corrected chi connectivity index (χ3v) is 7.44. The Labute approximate surface area is 217 Å². The maximum atomic E-state index is 14.3. The molecule has 12 heteroatoms. The SMILES string of the molecule is CC(C)(O)CNC(=O)c1nc(C(=O)N2[C@H]3CC[C@@H]2CC3)c(-c2cnc(NC(C)(C)C)cc2C(F)(F)F)s1. The number of nitrogens with one attached hydrogen (secondary N) is 2. The highest BCUT2D eigenvalue weighted by atomic mass is 32.1. The van der Waals surface area contributed by atoms with Crippen LogP contribution < -0.4 is 10.6 Å². The van der Waals surface area contributed by atoms with E-state index in [1.165, 1.54) is 13.8 Å². The van der Waals surface area contributed by atoms with Gasteiger partial charge in [0.2, 0.25) is 0 Å². The first-order valence-corrected chi connectivity index (χ1v) is 13.0. The number of fused-ring (bicyclic) bond motifs is 2. The number of anilines is 1. The number of pyridine rings is 1. The van der Waals surface area contributed by atoms with Crippen LogP contribution in [0.4, 0.5) is 19.0 Å². The van der Waals surface area contributed by atoms with Crippen LogP contribution in [-0.4, -0.2) is 61.6 Å². The first kappa shape index (κ1) is 27.3. The van der Waals surface area contributed by atoms with Crippen LogP contribution in [0, 0.1) is 0 Å². The van der Waals surface area contributed by atoms with E-state index >= 15 is 0 Å². The number of carbonyl (C=O) groups is 2. The Bertz CT molecular complexity index is 1180. The van der Waals surface area contributed by atoms with Crippen molar-refractivity contribution in [3.63, 3.8) is 0 Å². The van der Waals surface area contributed by atoms with Crippen molar-refractivity contribution in [1.29, 1.82) is 0 Å². The van der Waals surface area contributed by atoms with Crippen LogP contribution in [0.3, 0.4) is 0 Å². The fourth-order valence-electron chi connectivity index (χ4n) is 4.81. The number of amides is 2. The van der Waals surface area contributed by atoms with Gasteiger partial charge < -0.3 is 20.6 Å². The summed E-state index contributed by atoms with van der Waals surface area (Å²) >= 11 is 0.718. The number of halogens is 3. The molecule has 3 N–H and O–H groups in total. The second kappa shape index (κ2) is 9.54. The van der Waals surface area contributed by atoms with Gasteiger partial charge in [-0.25, -0.2) is 9.97 Å². The van der Waals surface area contributed by atoms with Gasteiger partial charge in [0.05, 0.1) is 16.0 Å². The predicted molar refractivity (Wildman–Crippen MR) is 135 cm³/mol. The standard InChI is InChI=1S/C25H32F3N5O3S/c1-23(2,3)32-17-10-16(25(26,27)28)15(11-29-17)19-18(22(35)33-13-6-7-14(33)9-8-13)31-21(37-19)20(34)30-12-24(4,5)36/h10-11,13-14,36H,6-9,12H2,1-5H3,(H,29,32)(H,30,34)/t13-,14+. The highest BCUT2D eigenvalue weighted by Crippen LogP contribution is 2.44. The molecule has 2 aromatic heterocycles. The van der Waals surface area contributed by atoms with E-state index in [0.717, 1.165) is 49.3 Å². The van der Waals surface area contributed by atoms with Crippen molar-refractivity contribution in [3.05, 3.63) is 28.5 Å². The summed E-state index contributed by atoms with van der Waals surface area (Å²) < 4.78 is 42.8. The maximum Gasteiger partial charge on any atom is 0.417 e. The third kappa shape index (κ3) is 6.06. The minimum Gasteiger partial charge on any atom is -0.389 e. The van der Waals surface area contributed by atoms with Gasteiger partial charge in [0.15, 0.2) is 5.01 Å². The molecule has 0 unspecified atom stereocenters. The van der Waals surface area contributed by atoms with Gasteiger partial charge in [-0.05, 0) is 66.4 Å². The lowest BCUT2D eigenvalue weighted by Gasteiger charge is -2.23. The van der Waals surface area contributed by atoms with Crippen molar-refractivity contribution in [2.75, 3.05) is 11.9 Å². The van der Waals surface area contributed by atoms with Crippen molar-refractivity contribution in [1.82, 2.24) is 20.2 Å². The Morgan fingerprint density at radius 3 is 2.22 bits per heavy atom. The Balaban J connectivity index is 1.81. The molecule has 2 aliphatic heterocycles. The molecule has 2 saturated heterocycles. The number of hydrogen-bond acceptors (Lipinski definition) is 7. The molecule has 0 spiro atoms. The number of carbonyl (C=O) groups excluding carboxylic acids is 2. The van der Waals surface area contributed by atoms with Gasteiger partial charge in [-0.15, -0.1) is 11.3 Å². The van der Waals surface area contributed by atoms with Crippen LogP contribution in [-0.2, 0) is 6.18 Å². The van der Waals surface area contributed by atoms with Crippen molar-refractivity contribution in [2.24, 2.45) is 0 Å². The highest BCUT2D eigenvalue weighted by Gasteiger charge is 2.45. The van der Waals surface area contributed by atoms with Crippen molar-refractivity contribution in [3.8, 4) is 10.4 Å². The second-order valence-corrected chi connectivity index (χ2v) is 12.4. The molecular weight excluding hydrogens is 507 g/mol. The average molecular weight is 540 g/mol. The molecule has 37 heavy (non-hydrogen) atoms. The quantitative estimate of drug-likeness (QED) is 0.491. The fourth-order valence-corrected chi connectivity index (χ4v) is 5.80. The molecule has 4 heterocycles. The lowest BCUT2D eigenvalue weighted by atomic mass is 10.0. The summed E-state index contributed by atoms with van der Waals surface area (Å²) in [6.45, 7) is 8.33. The van der Waals surface area contributed by atoms with Crippen LogP contribution in [0.15, 0.2) is 12.3 Å². The number of aromatic nitrogens is 2. The molecule has 0 atom stereocenters. The minimum absolute atomic E-state index is 0.0260. The summed E-state index contributed by atoms with van der Waals surface area (Å²) in [7, 11) is 0. The molecule has 0 aromatic carbocycles. The van der Waals surface area contributed by atoms with Crippen molar-refractivity contribution >= 4 is 29.0 Å². The topological polar surface area (TPSA) is 107 Å². The summed E-state index contributed by atoms with van der Waals surface area (Å²) in [4.78, 5) is 36.6. The molecule has 0 saturated carbocycles. The molecule has 4 rings (SSSR count). The number of nitrogens with zero attached hydrogens (tertiary/aromatic N) is 3. The number of rotatable bonds is 6. The first-order valence-electron chi connectivity index (χ1n) is 12.2. The largest absolute Gasteiger partial charge is 0.417 e. The normalized spacial score (nSPS) is 19.9. The monoisotopic (exact) mass is 539 g/mol. The zero-order chi connectivity index (χ0) is 27.3. The van der Waals surface area contributed by atoms with Crippen LogP contribution in [0.5, 0.6) is 0 Å². The van der Waals surface area contributed by atoms with Gasteiger partial charge >= 0.3 is 6.18 Å². The maximum absolute atomic E-state index is 14.3. The van der Waals surface area contributed by atoms with E-state index in [4.69, 9.17) is 0 Å². The summed E-state index contributed by atoms with van der Waals surface area (Å²) in [5.41, 5.74) is -3.18. The molecular formula is C25H32F3N5O3S. The molecule has 2 fully saturated rings. The zero-order valence-corrected chi connectivity index (χ0v) is 22.3. The molecule has 2 aliphatic rings. The van der Waals surface area contributed by atoms with Gasteiger partial charge in [-0.1, -0.05) is 0 Å². The summed E-state index contributed by atoms with van der Waals surface area (Å²) in [6, 6.07) is 0.971. The molecule has 8 nitrogen and oxygen atoms in total. The third-order valence-electron chi connectivity index (χ3n) is 6.35. The van der Waals surface area contributed by atoms with Gasteiger partial charge in [-0.3, -0.25) is 9.59 Å². The zero-order valence-electron chi connectivity index (χ0n) is 21.5. The minimum atomic E-state index is -4.74. The average Bonchev–Trinajstić information content (AvgIpc) is 3.49. The van der Waals surface area contributed by atoms with E-state index in [-0.39, 0.29) is 45.6 Å². The Morgan fingerprint density at radius 2 is 1.70 bits per heavy atom. The van der Waals surface area contributed by atoms with E-state index in [9.17, 15) is 27.9 Å². The number of hydrogen-bond donors (Lipinski definition) is 3. The van der Waals surface area contributed by atoms with Crippen LogP contribution in [0.25, 0.3) is 10.4 Å². The summed E-state index contributed by atoms with van der Waals surface area (Å²) in [5, 5.41) is 15.3. The van der Waals surface area contributed by atoms with Gasteiger partial charge in [0.1, 0.15) is 11.5 Å². The van der Waals surface area contributed by atoms with E-state index in [1.54, 1.807) is 25.7 Å². The van der Waals surface area contributed by atoms with E-state index in [0.29, 0.717) is 0 Å². The van der Waals surface area contributed by atoms with E-state index < -0.39 is 34.7 Å². The smallest absolute Gasteiger partial charge is 0.389 e. The van der Waals surface area contributed by atoms with Crippen LogP contribution >= 0.6 is 11.3 Å². The van der Waals surface area contributed by atoms with Crippen molar-refractivity contribution < 1.29 is 27.9 Å². The first-order chi connectivity index (χ1) is 17.0. The van der Waals surface area contributed by atoms with E-state index in [2.05, 4.69) is 20.6 Å². The molecule has 2 amide bonds. The van der Waals surface area contributed by atoms with Crippen LogP contribution in [0.2, 0.25) is 0 Å². The van der Waals surface area contributed by atoms with E-state index in [1.807, 2.05) is 0 Å². The number of thiazole rings is 1. The van der Waals surface area contributed by atoms with Gasteiger partial charge in [0.25, 0.3) is 11.8 Å². The highest BCUT2D eigenvalue weighted by molar-refractivity contribution is 7.17. The van der Waals surface area contributed by atoms with Gasteiger partial charge in [0, 0.05) is 35.9 Å².